The zero-order valence-electron chi connectivity index (χ0n) is 17.5. The predicted molar refractivity (Wildman–Crippen MR) is 111 cm³/mol. The highest BCUT2D eigenvalue weighted by atomic mass is 16.5. The van der Waals surface area contributed by atoms with Crippen molar-refractivity contribution in [1.82, 2.24) is 10.2 Å². The molecule has 1 fully saturated rings. The fourth-order valence-corrected chi connectivity index (χ4v) is 3.73. The van der Waals surface area contributed by atoms with Crippen LogP contribution in [0, 0.1) is 13.8 Å². The van der Waals surface area contributed by atoms with Gasteiger partial charge in [0, 0.05) is 17.7 Å². The molecule has 0 aliphatic carbocycles. The molecular weight excluding hydrogens is 368 g/mol. The maximum atomic E-state index is 12.9. The van der Waals surface area contributed by atoms with Crippen LogP contribution in [0.3, 0.4) is 0 Å². The first-order chi connectivity index (χ1) is 13.9. The Morgan fingerprint density at radius 3 is 2.55 bits per heavy atom. The summed E-state index contributed by atoms with van der Waals surface area (Å²) >= 11 is 0. The Labute approximate surface area is 171 Å². The average molecular weight is 396 g/mol. The van der Waals surface area contributed by atoms with E-state index in [9.17, 15) is 9.59 Å². The van der Waals surface area contributed by atoms with Crippen LogP contribution >= 0.6 is 0 Å². The van der Waals surface area contributed by atoms with Gasteiger partial charge < -0.3 is 19.7 Å². The monoisotopic (exact) mass is 396 g/mol. The van der Waals surface area contributed by atoms with Crippen LogP contribution in [0.15, 0.2) is 36.4 Å². The molecule has 6 nitrogen and oxygen atoms in total. The van der Waals surface area contributed by atoms with Crippen molar-refractivity contribution in [2.24, 2.45) is 0 Å². The number of aryl methyl sites for hydroxylation is 2. The van der Waals surface area contributed by atoms with Gasteiger partial charge in [0.1, 0.15) is 11.5 Å². The minimum Gasteiger partial charge on any atom is -0.497 e. The van der Waals surface area contributed by atoms with Gasteiger partial charge in [-0.05, 0) is 68.1 Å². The second kappa shape index (κ2) is 8.99. The van der Waals surface area contributed by atoms with Crippen LogP contribution in [0.1, 0.15) is 45.9 Å². The zero-order chi connectivity index (χ0) is 21.0. The summed E-state index contributed by atoms with van der Waals surface area (Å²) in [5, 5.41) is 2.76. The summed E-state index contributed by atoms with van der Waals surface area (Å²) in [7, 11) is 3.24. The van der Waals surface area contributed by atoms with Crippen molar-refractivity contribution in [2.75, 3.05) is 27.3 Å². The van der Waals surface area contributed by atoms with Gasteiger partial charge in [-0.25, -0.2) is 0 Å². The van der Waals surface area contributed by atoms with Gasteiger partial charge in [0.05, 0.1) is 26.8 Å². The lowest BCUT2D eigenvalue weighted by molar-refractivity contribution is -0.131. The number of hydrogen-bond donors (Lipinski definition) is 1. The minimum atomic E-state index is -0.240. The number of amides is 2. The predicted octanol–water partition coefficient (Wildman–Crippen LogP) is 3.41. The van der Waals surface area contributed by atoms with E-state index in [2.05, 4.69) is 5.32 Å². The second-order valence-electron chi connectivity index (χ2n) is 7.33. The Balaban J connectivity index is 1.70. The smallest absolute Gasteiger partial charge is 0.251 e. The van der Waals surface area contributed by atoms with Crippen molar-refractivity contribution in [1.29, 1.82) is 0 Å². The first-order valence-corrected chi connectivity index (χ1v) is 9.81. The first-order valence-electron chi connectivity index (χ1n) is 9.81. The Kier molecular flexibility index (Phi) is 6.42. The molecule has 1 aliphatic heterocycles. The van der Waals surface area contributed by atoms with Crippen LogP contribution in [0.4, 0.5) is 0 Å². The third kappa shape index (κ3) is 4.53. The lowest BCUT2D eigenvalue weighted by Crippen LogP contribution is -2.40. The van der Waals surface area contributed by atoms with Crippen LogP contribution < -0.4 is 14.8 Å². The number of nitrogens with zero attached hydrogens (tertiary/aromatic N) is 1. The number of ether oxygens (including phenoxy) is 2. The number of carbonyl (C=O) groups excluding carboxylic acids is 2. The number of methoxy groups -OCH3 is 2. The molecule has 1 aliphatic rings. The van der Waals surface area contributed by atoms with Crippen molar-refractivity contribution in [3.05, 3.63) is 58.7 Å². The van der Waals surface area contributed by atoms with Crippen LogP contribution in [0.5, 0.6) is 11.5 Å². The van der Waals surface area contributed by atoms with Crippen molar-refractivity contribution in [2.45, 2.75) is 32.7 Å². The highest BCUT2D eigenvalue weighted by Crippen LogP contribution is 2.38. The topological polar surface area (TPSA) is 67.9 Å². The summed E-state index contributed by atoms with van der Waals surface area (Å²) in [4.78, 5) is 27.1. The molecule has 29 heavy (non-hydrogen) atoms. The number of nitrogens with one attached hydrogen (secondary N) is 1. The van der Waals surface area contributed by atoms with Crippen molar-refractivity contribution >= 4 is 11.8 Å². The first kappa shape index (κ1) is 20.7. The van der Waals surface area contributed by atoms with Crippen LogP contribution in [-0.2, 0) is 4.79 Å². The van der Waals surface area contributed by atoms with E-state index in [0.717, 1.165) is 41.0 Å². The molecule has 0 radical (unpaired) electrons. The molecule has 1 heterocycles. The van der Waals surface area contributed by atoms with E-state index < -0.39 is 0 Å². The molecule has 0 bridgehead atoms. The summed E-state index contributed by atoms with van der Waals surface area (Å²) in [6, 6.07) is 11.1. The van der Waals surface area contributed by atoms with E-state index in [1.807, 2.05) is 49.1 Å². The average Bonchev–Trinajstić information content (AvgIpc) is 3.23. The van der Waals surface area contributed by atoms with Crippen LogP contribution in [-0.4, -0.2) is 44.0 Å². The lowest BCUT2D eigenvalue weighted by Gasteiger charge is -2.27. The number of carbonyl (C=O) groups is 2. The molecule has 2 amide bonds. The van der Waals surface area contributed by atoms with E-state index in [-0.39, 0.29) is 24.4 Å². The Morgan fingerprint density at radius 2 is 1.86 bits per heavy atom. The molecule has 0 aromatic heterocycles. The van der Waals surface area contributed by atoms with Gasteiger partial charge in [-0.2, -0.15) is 0 Å². The highest BCUT2D eigenvalue weighted by molar-refractivity contribution is 5.96. The van der Waals surface area contributed by atoms with E-state index in [1.54, 1.807) is 20.3 Å². The van der Waals surface area contributed by atoms with Gasteiger partial charge in [0.15, 0.2) is 0 Å². The molecule has 1 atom stereocenters. The summed E-state index contributed by atoms with van der Waals surface area (Å²) in [5.74, 6) is 1.11. The third-order valence-corrected chi connectivity index (χ3v) is 5.54. The number of likely N-dealkylation sites (tertiary alicyclic amines) is 1. The van der Waals surface area contributed by atoms with Gasteiger partial charge in [-0.3, -0.25) is 9.59 Å². The van der Waals surface area contributed by atoms with Crippen LogP contribution in [0.2, 0.25) is 0 Å². The molecule has 1 N–H and O–H groups in total. The number of benzene rings is 2. The number of rotatable bonds is 6. The molecule has 154 valence electrons. The van der Waals surface area contributed by atoms with Crippen LogP contribution in [0.25, 0.3) is 0 Å². The molecule has 0 spiro atoms. The van der Waals surface area contributed by atoms with E-state index >= 15 is 0 Å². The molecule has 2 aromatic rings. The maximum absolute atomic E-state index is 12.9. The van der Waals surface area contributed by atoms with Gasteiger partial charge in [-0.1, -0.05) is 6.07 Å². The minimum absolute atomic E-state index is 0.0332. The zero-order valence-corrected chi connectivity index (χ0v) is 17.5. The van der Waals surface area contributed by atoms with E-state index in [1.165, 1.54) is 0 Å². The van der Waals surface area contributed by atoms with E-state index in [0.29, 0.717) is 12.1 Å². The molecule has 1 saturated heterocycles. The van der Waals surface area contributed by atoms with Crippen molar-refractivity contribution in [3.63, 3.8) is 0 Å². The standard InChI is InChI=1S/C23H28N2O4/c1-15-7-8-17(12-16(15)2)23(27)24-14-22(26)25-11-5-6-20(25)19-13-18(28-3)9-10-21(19)29-4/h7-10,12-13,20H,5-6,11,14H2,1-4H3,(H,24,27)/t20-/m1/s1. The normalized spacial score (nSPS) is 15.9. The van der Waals surface area contributed by atoms with Gasteiger partial charge in [-0.15, -0.1) is 0 Å². The summed E-state index contributed by atoms with van der Waals surface area (Å²) in [6.45, 7) is 4.59. The van der Waals surface area contributed by atoms with Gasteiger partial charge in [0.25, 0.3) is 5.91 Å². The van der Waals surface area contributed by atoms with Crippen molar-refractivity contribution < 1.29 is 19.1 Å². The molecule has 6 heteroatoms. The van der Waals surface area contributed by atoms with E-state index in [4.69, 9.17) is 9.47 Å². The summed E-state index contributed by atoms with van der Waals surface area (Å²) < 4.78 is 10.8. The van der Waals surface area contributed by atoms with Gasteiger partial charge >= 0.3 is 0 Å². The Bertz CT molecular complexity index is 910. The molecule has 2 aromatic carbocycles. The van der Waals surface area contributed by atoms with Crippen molar-refractivity contribution in [3.8, 4) is 11.5 Å². The molecule has 0 saturated carbocycles. The highest BCUT2D eigenvalue weighted by Gasteiger charge is 2.32. The maximum Gasteiger partial charge on any atom is 0.251 e. The third-order valence-electron chi connectivity index (χ3n) is 5.54. The molecular formula is C23H28N2O4. The summed E-state index contributed by atoms with van der Waals surface area (Å²) in [5.41, 5.74) is 3.67. The van der Waals surface area contributed by atoms with Gasteiger partial charge in [0.2, 0.25) is 5.91 Å². The molecule has 3 rings (SSSR count). The fraction of sp³-hybridized carbons (Fsp3) is 0.391. The lowest BCUT2D eigenvalue weighted by atomic mass is 10.0. The Hall–Kier alpha value is -3.02. The Morgan fingerprint density at radius 1 is 1.07 bits per heavy atom. The fourth-order valence-electron chi connectivity index (χ4n) is 3.73. The second-order valence-corrected chi connectivity index (χ2v) is 7.33. The molecule has 0 unspecified atom stereocenters. The largest absolute Gasteiger partial charge is 0.497 e. The quantitative estimate of drug-likeness (QED) is 0.813. The summed E-state index contributed by atoms with van der Waals surface area (Å²) in [6.07, 6.45) is 1.75. The SMILES string of the molecule is COc1ccc(OC)c([C@H]2CCCN2C(=O)CNC(=O)c2ccc(C)c(C)c2)c1. The number of hydrogen-bond acceptors (Lipinski definition) is 4.